The number of fused-ring (bicyclic) bond motifs is 5. The van der Waals surface area contributed by atoms with Gasteiger partial charge in [-0.05, 0) is 79.4 Å². The monoisotopic (exact) mass is 434 g/mol. The number of aliphatic hydroxyl groups excluding tert-OH is 1. The summed E-state index contributed by atoms with van der Waals surface area (Å²) in [7, 11) is 0. The molecule has 4 rings (SSSR count). The number of hydrogen-bond donors (Lipinski definition) is 3. The average Bonchev–Trinajstić information content (AvgIpc) is 3.11. The van der Waals surface area contributed by atoms with E-state index in [2.05, 4.69) is 34.6 Å². The number of carboxylic acid groups (broad SMARTS) is 1. The molecule has 178 valence electrons. The molecule has 4 heteroatoms. The molecule has 0 bridgehead atoms. The Labute approximate surface area is 189 Å². The lowest BCUT2D eigenvalue weighted by atomic mass is 9.53. The van der Waals surface area contributed by atoms with E-state index in [1.54, 1.807) is 0 Å². The second-order valence-electron chi connectivity index (χ2n) is 12.9. The predicted octanol–water partition coefficient (Wildman–Crippen LogP) is 5.50. The summed E-state index contributed by atoms with van der Waals surface area (Å²) in [5.74, 6) is 1.21. The van der Waals surface area contributed by atoms with Crippen molar-refractivity contribution in [1.82, 2.24) is 0 Å². The molecule has 0 saturated heterocycles. The fourth-order valence-corrected chi connectivity index (χ4v) is 9.48. The van der Waals surface area contributed by atoms with Crippen LogP contribution in [0.1, 0.15) is 98.8 Å². The molecular weight excluding hydrogens is 388 g/mol. The molecule has 3 N–H and O–H groups in total. The van der Waals surface area contributed by atoms with E-state index in [0.29, 0.717) is 24.2 Å². The minimum absolute atomic E-state index is 0.0458. The molecule has 0 aromatic heterocycles. The second-order valence-corrected chi connectivity index (χ2v) is 12.9. The van der Waals surface area contributed by atoms with Gasteiger partial charge in [0.05, 0.1) is 17.6 Å². The number of carboxylic acids is 1. The third-order valence-corrected chi connectivity index (χ3v) is 11.1. The maximum atomic E-state index is 12.6. The molecule has 4 saturated carbocycles. The van der Waals surface area contributed by atoms with Crippen molar-refractivity contribution >= 4 is 5.97 Å². The van der Waals surface area contributed by atoms with Crippen LogP contribution in [0.5, 0.6) is 0 Å². The zero-order valence-corrected chi connectivity index (χ0v) is 20.4. The van der Waals surface area contributed by atoms with Crippen LogP contribution in [0.2, 0.25) is 0 Å². The Morgan fingerprint density at radius 1 is 1.00 bits per heavy atom. The van der Waals surface area contributed by atoms with Gasteiger partial charge >= 0.3 is 5.97 Å². The SMILES string of the molecule is CC(C)CCC[C@@H](C)[C@H]1CC[C@H]2[C@@H]3C(C(=O)O)[C@]4(O)C[C@@H](O)CC[C@]4(C)[C@H]3CC[C@]12C. The van der Waals surface area contributed by atoms with Gasteiger partial charge in [0.2, 0.25) is 0 Å². The van der Waals surface area contributed by atoms with Gasteiger partial charge in [-0.15, -0.1) is 0 Å². The molecule has 4 aliphatic carbocycles. The normalized spacial score (nSPS) is 50.1. The van der Waals surface area contributed by atoms with E-state index in [1.807, 2.05) is 0 Å². The van der Waals surface area contributed by atoms with Gasteiger partial charge in [-0.25, -0.2) is 0 Å². The van der Waals surface area contributed by atoms with E-state index >= 15 is 0 Å². The van der Waals surface area contributed by atoms with Gasteiger partial charge < -0.3 is 15.3 Å². The van der Waals surface area contributed by atoms with Crippen LogP contribution in [0.3, 0.4) is 0 Å². The minimum atomic E-state index is -1.28. The van der Waals surface area contributed by atoms with Crippen molar-refractivity contribution in [3.8, 4) is 0 Å². The Morgan fingerprint density at radius 2 is 1.71 bits per heavy atom. The highest BCUT2D eigenvalue weighted by atomic mass is 16.4. The number of aliphatic carboxylic acids is 1. The van der Waals surface area contributed by atoms with Crippen LogP contribution in [0, 0.1) is 52.3 Å². The predicted molar refractivity (Wildman–Crippen MR) is 122 cm³/mol. The zero-order chi connectivity index (χ0) is 22.8. The Balaban J connectivity index is 1.62. The molecule has 0 heterocycles. The molecule has 4 fully saturated rings. The number of hydrogen-bond acceptors (Lipinski definition) is 3. The number of aliphatic hydroxyl groups is 2. The maximum Gasteiger partial charge on any atom is 0.309 e. The molecule has 10 atom stereocenters. The molecule has 1 unspecified atom stereocenters. The quantitative estimate of drug-likeness (QED) is 0.515. The average molecular weight is 435 g/mol. The summed E-state index contributed by atoms with van der Waals surface area (Å²) in [6, 6.07) is 0. The highest BCUT2D eigenvalue weighted by Gasteiger charge is 2.73. The second kappa shape index (κ2) is 8.01. The Bertz CT molecular complexity index is 691. The Kier molecular flexibility index (Phi) is 6.08. The van der Waals surface area contributed by atoms with E-state index in [-0.39, 0.29) is 29.1 Å². The van der Waals surface area contributed by atoms with Crippen LogP contribution < -0.4 is 0 Å². The van der Waals surface area contributed by atoms with Gasteiger partial charge in [-0.3, -0.25) is 4.79 Å². The van der Waals surface area contributed by atoms with Gasteiger partial charge in [-0.1, -0.05) is 53.9 Å². The summed E-state index contributed by atoms with van der Waals surface area (Å²) in [5, 5.41) is 32.7. The highest BCUT2D eigenvalue weighted by molar-refractivity contribution is 5.73. The third kappa shape index (κ3) is 3.41. The standard InChI is InChI=1S/C27H46O4/c1-16(2)7-6-8-17(3)19-9-10-20-22-21(12-13-25(19,20)4)26(5)14-11-18(28)15-27(26,31)23(22)24(29)30/h16-23,28,31H,6-15H2,1-5H3,(H,29,30)/t17-,18+,19-,20+,21+,22+,23?,25-,26-,27-/m1/s1. The largest absolute Gasteiger partial charge is 0.481 e. The van der Waals surface area contributed by atoms with Crippen LogP contribution in [-0.2, 0) is 4.79 Å². The van der Waals surface area contributed by atoms with Gasteiger partial charge in [0.1, 0.15) is 0 Å². The first-order valence-corrected chi connectivity index (χ1v) is 13.1. The van der Waals surface area contributed by atoms with Crippen LogP contribution in [0.4, 0.5) is 0 Å². The van der Waals surface area contributed by atoms with E-state index in [9.17, 15) is 20.1 Å². The van der Waals surface area contributed by atoms with Crippen molar-refractivity contribution in [1.29, 1.82) is 0 Å². The van der Waals surface area contributed by atoms with Crippen LogP contribution in [0.25, 0.3) is 0 Å². The Morgan fingerprint density at radius 3 is 2.35 bits per heavy atom. The summed E-state index contributed by atoms with van der Waals surface area (Å²) >= 11 is 0. The van der Waals surface area contributed by atoms with Crippen molar-refractivity contribution in [2.75, 3.05) is 0 Å². The summed E-state index contributed by atoms with van der Waals surface area (Å²) < 4.78 is 0. The molecule has 0 aromatic carbocycles. The highest BCUT2D eigenvalue weighted by Crippen LogP contribution is 2.73. The maximum absolute atomic E-state index is 12.6. The Hall–Kier alpha value is -0.610. The van der Waals surface area contributed by atoms with E-state index in [1.165, 1.54) is 32.1 Å². The first kappa shape index (κ1) is 23.5. The van der Waals surface area contributed by atoms with Crippen molar-refractivity contribution < 1.29 is 20.1 Å². The zero-order valence-electron chi connectivity index (χ0n) is 20.4. The van der Waals surface area contributed by atoms with Crippen molar-refractivity contribution in [3.63, 3.8) is 0 Å². The lowest BCUT2D eigenvalue weighted by molar-refractivity contribution is -0.175. The van der Waals surface area contributed by atoms with Gasteiger partial charge in [-0.2, -0.15) is 0 Å². The molecular formula is C27H46O4. The molecule has 0 aromatic rings. The molecule has 4 nitrogen and oxygen atoms in total. The lowest BCUT2D eigenvalue weighted by Gasteiger charge is -2.52. The fourth-order valence-electron chi connectivity index (χ4n) is 9.48. The topological polar surface area (TPSA) is 77.8 Å². The summed E-state index contributed by atoms with van der Waals surface area (Å²) in [5.41, 5.74) is -1.48. The van der Waals surface area contributed by atoms with Crippen molar-refractivity contribution in [2.24, 2.45) is 52.3 Å². The summed E-state index contributed by atoms with van der Waals surface area (Å²) in [4.78, 5) is 12.6. The molecule has 0 spiro atoms. The first-order chi connectivity index (χ1) is 14.5. The molecule has 0 aliphatic heterocycles. The molecule has 0 amide bonds. The van der Waals surface area contributed by atoms with Crippen molar-refractivity contribution in [3.05, 3.63) is 0 Å². The van der Waals surface area contributed by atoms with E-state index in [4.69, 9.17) is 0 Å². The van der Waals surface area contributed by atoms with Gasteiger partial charge in [0.15, 0.2) is 0 Å². The lowest BCUT2D eigenvalue weighted by Crippen LogP contribution is -2.55. The summed E-state index contributed by atoms with van der Waals surface area (Å²) in [6.45, 7) is 11.6. The van der Waals surface area contributed by atoms with Gasteiger partial charge in [0, 0.05) is 11.8 Å². The van der Waals surface area contributed by atoms with Crippen LogP contribution in [-0.4, -0.2) is 33.0 Å². The van der Waals surface area contributed by atoms with E-state index < -0.39 is 23.6 Å². The molecule has 31 heavy (non-hydrogen) atoms. The minimum Gasteiger partial charge on any atom is -0.481 e. The first-order valence-electron chi connectivity index (χ1n) is 13.1. The van der Waals surface area contributed by atoms with Crippen molar-refractivity contribution in [2.45, 2.75) is 111 Å². The van der Waals surface area contributed by atoms with Gasteiger partial charge in [0.25, 0.3) is 0 Å². The number of rotatable bonds is 6. The molecule has 4 aliphatic rings. The fraction of sp³-hybridized carbons (Fsp3) is 0.963. The molecule has 0 radical (unpaired) electrons. The third-order valence-electron chi connectivity index (χ3n) is 11.1. The van der Waals surface area contributed by atoms with E-state index in [0.717, 1.165) is 25.2 Å². The number of carbonyl (C=O) groups is 1. The smallest absolute Gasteiger partial charge is 0.309 e. The summed E-state index contributed by atoms with van der Waals surface area (Å²) in [6.07, 6.45) is 9.44. The van der Waals surface area contributed by atoms with Crippen LogP contribution in [0.15, 0.2) is 0 Å². The van der Waals surface area contributed by atoms with Crippen LogP contribution >= 0.6 is 0 Å².